The fourth-order valence-corrected chi connectivity index (χ4v) is 3.67. The molecule has 9 nitrogen and oxygen atoms in total. The Bertz CT molecular complexity index is 1540. The molecule has 0 saturated carbocycles. The van der Waals surface area contributed by atoms with E-state index in [-0.39, 0.29) is 6.61 Å². The second-order valence-electron chi connectivity index (χ2n) is 7.90. The van der Waals surface area contributed by atoms with Gasteiger partial charge >= 0.3 is 6.09 Å². The number of aromatic nitrogens is 2. The summed E-state index contributed by atoms with van der Waals surface area (Å²) in [5.41, 5.74) is 4.34. The summed E-state index contributed by atoms with van der Waals surface area (Å²) in [4.78, 5) is 12.3. The Kier molecular flexibility index (Phi) is 6.23. The Morgan fingerprint density at radius 1 is 1.11 bits per heavy atom. The summed E-state index contributed by atoms with van der Waals surface area (Å²) in [6.45, 7) is 1.92. The second-order valence-corrected chi connectivity index (χ2v) is 7.90. The van der Waals surface area contributed by atoms with E-state index in [9.17, 15) is 10.1 Å². The molecule has 2 aromatic carbocycles. The van der Waals surface area contributed by atoms with E-state index in [1.165, 1.54) is 18.7 Å². The molecule has 0 saturated heterocycles. The molecule has 3 aromatic heterocycles. The fraction of sp³-hybridized carbons (Fsp3) is 0.0741. The summed E-state index contributed by atoms with van der Waals surface area (Å²) in [5, 5.41) is 20.1. The molecular formula is C27H21N5O4. The molecule has 0 unspecified atom stereocenters. The van der Waals surface area contributed by atoms with Gasteiger partial charge in [-0.15, -0.1) is 0 Å². The zero-order chi connectivity index (χ0) is 24.9. The molecule has 1 amide bonds. The number of para-hydroxylation sites is 1. The first-order valence-corrected chi connectivity index (χ1v) is 11.1. The predicted molar refractivity (Wildman–Crippen MR) is 133 cm³/mol. The SMILES string of the molecule is Cc1c(NC(=O)OCc2ccoc2)cn2ncc(C#N)c(Nc3ccc(Oc4ccccc4)cc3)c12. The third kappa shape index (κ3) is 4.83. The van der Waals surface area contributed by atoms with E-state index in [1.807, 2.05) is 61.5 Å². The van der Waals surface area contributed by atoms with Crippen LogP contribution in [0.2, 0.25) is 0 Å². The third-order valence-electron chi connectivity index (χ3n) is 5.47. The van der Waals surface area contributed by atoms with Crippen LogP contribution < -0.4 is 15.4 Å². The van der Waals surface area contributed by atoms with E-state index < -0.39 is 6.09 Å². The van der Waals surface area contributed by atoms with Crippen molar-refractivity contribution in [3.8, 4) is 17.6 Å². The Labute approximate surface area is 206 Å². The number of rotatable bonds is 7. The van der Waals surface area contributed by atoms with Crippen LogP contribution in [0.4, 0.5) is 21.9 Å². The van der Waals surface area contributed by atoms with Crippen LogP contribution in [0.1, 0.15) is 16.7 Å². The van der Waals surface area contributed by atoms with Gasteiger partial charge in [0.05, 0.1) is 47.4 Å². The van der Waals surface area contributed by atoms with E-state index >= 15 is 0 Å². The van der Waals surface area contributed by atoms with Crippen molar-refractivity contribution in [2.45, 2.75) is 13.5 Å². The van der Waals surface area contributed by atoms with Crippen LogP contribution in [0, 0.1) is 18.3 Å². The summed E-state index contributed by atoms with van der Waals surface area (Å²) in [7, 11) is 0. The van der Waals surface area contributed by atoms with Gasteiger partial charge in [0.15, 0.2) is 0 Å². The number of aryl methyl sites for hydroxylation is 1. The van der Waals surface area contributed by atoms with Gasteiger partial charge in [-0.1, -0.05) is 18.2 Å². The molecule has 0 radical (unpaired) electrons. The lowest BCUT2D eigenvalue weighted by Crippen LogP contribution is -2.13. The maximum absolute atomic E-state index is 12.3. The molecule has 3 heterocycles. The normalized spacial score (nSPS) is 10.6. The highest BCUT2D eigenvalue weighted by Gasteiger charge is 2.18. The highest BCUT2D eigenvalue weighted by molar-refractivity contribution is 5.92. The van der Waals surface area contributed by atoms with Crippen molar-refractivity contribution < 1.29 is 18.7 Å². The number of ether oxygens (including phenoxy) is 2. The number of furan rings is 1. The molecule has 2 N–H and O–H groups in total. The highest BCUT2D eigenvalue weighted by atomic mass is 16.5. The highest BCUT2D eigenvalue weighted by Crippen LogP contribution is 2.33. The molecule has 178 valence electrons. The largest absolute Gasteiger partial charge is 0.472 e. The number of amides is 1. The zero-order valence-corrected chi connectivity index (χ0v) is 19.3. The van der Waals surface area contributed by atoms with Gasteiger partial charge in [0.25, 0.3) is 0 Å². The molecule has 9 heteroatoms. The van der Waals surface area contributed by atoms with Gasteiger partial charge in [-0.25, -0.2) is 9.31 Å². The van der Waals surface area contributed by atoms with Gasteiger partial charge in [0.1, 0.15) is 24.2 Å². The van der Waals surface area contributed by atoms with Crippen molar-refractivity contribution in [3.63, 3.8) is 0 Å². The Hall–Kier alpha value is -5.23. The maximum Gasteiger partial charge on any atom is 0.412 e. The first-order chi connectivity index (χ1) is 17.6. The summed E-state index contributed by atoms with van der Waals surface area (Å²) >= 11 is 0. The Balaban J connectivity index is 1.37. The van der Waals surface area contributed by atoms with E-state index in [4.69, 9.17) is 13.9 Å². The lowest BCUT2D eigenvalue weighted by molar-refractivity contribution is 0.155. The predicted octanol–water partition coefficient (Wildman–Crippen LogP) is 6.39. The van der Waals surface area contributed by atoms with E-state index in [2.05, 4.69) is 21.8 Å². The number of nitrogens with one attached hydrogen (secondary N) is 2. The molecule has 0 fully saturated rings. The van der Waals surface area contributed by atoms with Gasteiger partial charge in [0, 0.05) is 16.8 Å². The van der Waals surface area contributed by atoms with Crippen LogP contribution in [0.3, 0.4) is 0 Å². The van der Waals surface area contributed by atoms with Gasteiger partial charge in [-0.05, 0) is 49.4 Å². The van der Waals surface area contributed by atoms with Crippen molar-refractivity contribution in [2.24, 2.45) is 0 Å². The molecule has 0 atom stereocenters. The summed E-state index contributed by atoms with van der Waals surface area (Å²) in [5.74, 6) is 1.43. The number of carbonyl (C=O) groups is 1. The van der Waals surface area contributed by atoms with Gasteiger partial charge in [-0.2, -0.15) is 10.4 Å². The van der Waals surface area contributed by atoms with Crippen LogP contribution in [0.25, 0.3) is 5.52 Å². The van der Waals surface area contributed by atoms with Crippen molar-refractivity contribution >= 4 is 28.7 Å². The number of nitrogens with zero attached hydrogens (tertiary/aromatic N) is 3. The van der Waals surface area contributed by atoms with E-state index in [0.717, 1.165) is 22.6 Å². The molecular weight excluding hydrogens is 458 g/mol. The van der Waals surface area contributed by atoms with Crippen LogP contribution in [-0.4, -0.2) is 15.7 Å². The van der Waals surface area contributed by atoms with Crippen LogP contribution >= 0.6 is 0 Å². The van der Waals surface area contributed by atoms with Crippen molar-refractivity contribution in [3.05, 3.63) is 102 Å². The minimum absolute atomic E-state index is 0.0857. The number of fused-ring (bicyclic) bond motifs is 1. The van der Waals surface area contributed by atoms with E-state index in [0.29, 0.717) is 28.2 Å². The quantitative estimate of drug-likeness (QED) is 0.278. The molecule has 5 aromatic rings. The maximum atomic E-state index is 12.3. The van der Waals surface area contributed by atoms with Crippen LogP contribution in [0.5, 0.6) is 11.5 Å². The average molecular weight is 479 g/mol. The molecule has 36 heavy (non-hydrogen) atoms. The number of nitriles is 1. The first kappa shape index (κ1) is 22.6. The number of hydrogen-bond donors (Lipinski definition) is 2. The summed E-state index contributed by atoms with van der Waals surface area (Å²) in [6, 6.07) is 20.8. The number of anilines is 3. The van der Waals surface area contributed by atoms with Crippen molar-refractivity contribution in [2.75, 3.05) is 10.6 Å². The Morgan fingerprint density at radius 3 is 2.61 bits per heavy atom. The lowest BCUT2D eigenvalue weighted by atomic mass is 10.1. The van der Waals surface area contributed by atoms with Crippen LogP contribution in [0.15, 0.2) is 90.0 Å². The molecule has 0 aliphatic carbocycles. The van der Waals surface area contributed by atoms with Crippen molar-refractivity contribution in [1.82, 2.24) is 9.61 Å². The minimum Gasteiger partial charge on any atom is -0.472 e. The standard InChI is InChI=1S/C27H21N5O4/c1-18-24(31-27(33)35-17-19-11-12-34-16-19)15-32-26(18)25(20(13-28)14-29-32)30-21-7-9-23(10-8-21)36-22-5-3-2-4-6-22/h2-12,14-16,30H,17H2,1H3,(H,31,33). The van der Waals surface area contributed by atoms with Gasteiger partial charge in [0.2, 0.25) is 0 Å². The lowest BCUT2D eigenvalue weighted by Gasteiger charge is -2.12. The number of hydrogen-bond acceptors (Lipinski definition) is 7. The number of benzene rings is 2. The second kappa shape index (κ2) is 9.95. The smallest absolute Gasteiger partial charge is 0.412 e. The van der Waals surface area contributed by atoms with Crippen molar-refractivity contribution in [1.29, 1.82) is 5.26 Å². The average Bonchev–Trinajstić information content (AvgIpc) is 3.53. The zero-order valence-electron chi connectivity index (χ0n) is 19.3. The summed E-state index contributed by atoms with van der Waals surface area (Å²) in [6.07, 6.45) is 5.56. The summed E-state index contributed by atoms with van der Waals surface area (Å²) < 4.78 is 17.7. The van der Waals surface area contributed by atoms with Crippen LogP contribution in [-0.2, 0) is 11.3 Å². The molecule has 0 spiro atoms. The topological polar surface area (TPSA) is 114 Å². The molecule has 0 aliphatic heterocycles. The molecule has 0 aliphatic rings. The van der Waals surface area contributed by atoms with Gasteiger partial charge < -0.3 is 19.2 Å². The molecule has 0 bridgehead atoms. The van der Waals surface area contributed by atoms with Gasteiger partial charge in [-0.3, -0.25) is 5.32 Å². The minimum atomic E-state index is -0.612. The third-order valence-corrected chi connectivity index (χ3v) is 5.47. The molecule has 5 rings (SSSR count). The van der Waals surface area contributed by atoms with E-state index in [1.54, 1.807) is 16.8 Å². The fourth-order valence-electron chi connectivity index (χ4n) is 3.67. The Morgan fingerprint density at radius 2 is 1.89 bits per heavy atom. The monoisotopic (exact) mass is 479 g/mol. The number of carbonyl (C=O) groups excluding carboxylic acids is 1. The first-order valence-electron chi connectivity index (χ1n) is 11.1.